The van der Waals surface area contributed by atoms with E-state index in [4.69, 9.17) is 11.6 Å². The van der Waals surface area contributed by atoms with Crippen LogP contribution in [0.15, 0.2) is 24.3 Å². The van der Waals surface area contributed by atoms with Crippen LogP contribution in [0.3, 0.4) is 0 Å². The lowest BCUT2D eigenvalue weighted by molar-refractivity contribution is -0.115. The van der Waals surface area contributed by atoms with E-state index in [9.17, 15) is 13.2 Å². The Bertz CT molecular complexity index is 532. The Morgan fingerprint density at radius 1 is 1.32 bits per heavy atom. The van der Waals surface area contributed by atoms with E-state index < -0.39 is 10.0 Å². The third-order valence-corrected chi connectivity index (χ3v) is 3.93. The van der Waals surface area contributed by atoms with Gasteiger partial charge in [-0.2, -0.15) is 0 Å². The van der Waals surface area contributed by atoms with Crippen molar-refractivity contribution in [3.63, 3.8) is 0 Å². The molecule has 0 bridgehead atoms. The standard InChI is InChI=1S/C12H17ClN2O3S/c1-2-12(16)14-10-5-3-6-11(9-10)15-19(17,18)8-4-7-13/h3,5-6,9,15H,2,4,7-8H2,1H3,(H,14,16). The van der Waals surface area contributed by atoms with Gasteiger partial charge < -0.3 is 5.32 Å². The molecule has 1 aromatic rings. The fraction of sp³-hybridized carbons (Fsp3) is 0.417. The number of amides is 1. The van der Waals surface area contributed by atoms with Crippen molar-refractivity contribution in [1.82, 2.24) is 0 Å². The second-order valence-corrected chi connectivity index (χ2v) is 6.17. The second kappa shape index (κ2) is 7.35. The summed E-state index contributed by atoms with van der Waals surface area (Å²) < 4.78 is 25.8. The lowest BCUT2D eigenvalue weighted by Crippen LogP contribution is -2.17. The molecule has 19 heavy (non-hydrogen) atoms. The average molecular weight is 305 g/mol. The van der Waals surface area contributed by atoms with Crippen LogP contribution in [-0.4, -0.2) is 26.0 Å². The third-order valence-electron chi connectivity index (χ3n) is 2.29. The molecule has 0 saturated heterocycles. The number of halogens is 1. The number of nitrogens with one attached hydrogen (secondary N) is 2. The van der Waals surface area contributed by atoms with Crippen LogP contribution in [0.25, 0.3) is 0 Å². The molecule has 0 saturated carbocycles. The van der Waals surface area contributed by atoms with E-state index >= 15 is 0 Å². The molecule has 0 aliphatic heterocycles. The van der Waals surface area contributed by atoms with E-state index in [2.05, 4.69) is 10.0 Å². The molecule has 0 fully saturated rings. The molecule has 0 aliphatic carbocycles. The van der Waals surface area contributed by atoms with E-state index in [1.54, 1.807) is 31.2 Å². The van der Waals surface area contributed by atoms with Gasteiger partial charge in [0.05, 0.1) is 11.4 Å². The van der Waals surface area contributed by atoms with E-state index in [1.165, 1.54) is 0 Å². The van der Waals surface area contributed by atoms with Crippen LogP contribution in [0.5, 0.6) is 0 Å². The lowest BCUT2D eigenvalue weighted by Gasteiger charge is -2.09. The first-order chi connectivity index (χ1) is 8.96. The molecule has 0 radical (unpaired) electrons. The highest BCUT2D eigenvalue weighted by atomic mass is 35.5. The van der Waals surface area contributed by atoms with Crippen LogP contribution in [0.1, 0.15) is 19.8 Å². The Balaban J connectivity index is 2.74. The fourth-order valence-corrected chi connectivity index (χ4v) is 2.79. The Labute approximate surface area is 118 Å². The molecule has 0 atom stereocenters. The van der Waals surface area contributed by atoms with Gasteiger partial charge in [0.1, 0.15) is 0 Å². The number of sulfonamides is 1. The fourth-order valence-electron chi connectivity index (χ4n) is 1.38. The van der Waals surface area contributed by atoms with Crippen molar-refractivity contribution in [1.29, 1.82) is 0 Å². The van der Waals surface area contributed by atoms with Crippen LogP contribution in [-0.2, 0) is 14.8 Å². The highest BCUT2D eigenvalue weighted by molar-refractivity contribution is 7.92. The number of hydrogen-bond acceptors (Lipinski definition) is 3. The topological polar surface area (TPSA) is 75.3 Å². The maximum absolute atomic E-state index is 11.7. The maximum Gasteiger partial charge on any atom is 0.232 e. The van der Waals surface area contributed by atoms with Gasteiger partial charge in [-0.15, -0.1) is 11.6 Å². The number of rotatable bonds is 7. The van der Waals surface area contributed by atoms with Crippen molar-refractivity contribution in [2.24, 2.45) is 0 Å². The van der Waals surface area contributed by atoms with Gasteiger partial charge in [0.25, 0.3) is 0 Å². The molecule has 1 rings (SSSR count). The maximum atomic E-state index is 11.7. The molecule has 1 aromatic carbocycles. The largest absolute Gasteiger partial charge is 0.326 e. The predicted octanol–water partition coefficient (Wildman–Crippen LogP) is 2.41. The first kappa shape index (κ1) is 15.8. The number of hydrogen-bond donors (Lipinski definition) is 2. The van der Waals surface area contributed by atoms with E-state index in [0.717, 1.165) is 0 Å². The number of benzene rings is 1. The van der Waals surface area contributed by atoms with Crippen LogP contribution in [0.4, 0.5) is 11.4 Å². The zero-order valence-electron chi connectivity index (χ0n) is 10.6. The van der Waals surface area contributed by atoms with Gasteiger partial charge in [0.15, 0.2) is 0 Å². The van der Waals surface area contributed by atoms with Gasteiger partial charge in [-0.3, -0.25) is 9.52 Å². The summed E-state index contributed by atoms with van der Waals surface area (Å²) in [5, 5.41) is 2.67. The van der Waals surface area contributed by atoms with E-state index in [1.807, 2.05) is 0 Å². The summed E-state index contributed by atoms with van der Waals surface area (Å²) in [7, 11) is -3.39. The predicted molar refractivity (Wildman–Crippen MR) is 78.1 cm³/mol. The summed E-state index contributed by atoms with van der Waals surface area (Å²) in [6.07, 6.45) is 0.759. The van der Waals surface area contributed by atoms with Crippen LogP contribution >= 0.6 is 11.6 Å². The third kappa shape index (κ3) is 5.94. The van der Waals surface area contributed by atoms with Crippen LogP contribution in [0.2, 0.25) is 0 Å². The smallest absolute Gasteiger partial charge is 0.232 e. The number of anilines is 2. The highest BCUT2D eigenvalue weighted by Crippen LogP contribution is 2.16. The molecular formula is C12H17ClN2O3S. The van der Waals surface area contributed by atoms with Gasteiger partial charge in [-0.25, -0.2) is 8.42 Å². The molecule has 0 heterocycles. The Morgan fingerprint density at radius 2 is 2.00 bits per heavy atom. The minimum Gasteiger partial charge on any atom is -0.326 e. The number of alkyl halides is 1. The van der Waals surface area contributed by atoms with Gasteiger partial charge in [-0.05, 0) is 24.6 Å². The van der Waals surface area contributed by atoms with Crippen molar-refractivity contribution >= 4 is 38.9 Å². The second-order valence-electron chi connectivity index (χ2n) is 3.95. The van der Waals surface area contributed by atoms with Crippen molar-refractivity contribution in [2.45, 2.75) is 19.8 Å². The molecule has 0 aliphatic rings. The van der Waals surface area contributed by atoms with Crippen molar-refractivity contribution in [3.8, 4) is 0 Å². The molecule has 1 amide bonds. The Hall–Kier alpha value is -1.27. The van der Waals surface area contributed by atoms with Gasteiger partial charge in [0.2, 0.25) is 15.9 Å². The van der Waals surface area contributed by atoms with Crippen molar-refractivity contribution in [2.75, 3.05) is 21.7 Å². The first-order valence-corrected chi connectivity index (χ1v) is 8.12. The zero-order valence-corrected chi connectivity index (χ0v) is 12.2. The molecule has 0 unspecified atom stereocenters. The monoisotopic (exact) mass is 304 g/mol. The lowest BCUT2D eigenvalue weighted by atomic mass is 10.3. The van der Waals surface area contributed by atoms with E-state index in [0.29, 0.717) is 30.1 Å². The molecule has 0 spiro atoms. The van der Waals surface area contributed by atoms with Crippen molar-refractivity contribution in [3.05, 3.63) is 24.3 Å². The average Bonchev–Trinajstić information content (AvgIpc) is 2.36. The van der Waals surface area contributed by atoms with Gasteiger partial charge in [-0.1, -0.05) is 13.0 Å². The van der Waals surface area contributed by atoms with Gasteiger partial charge in [0, 0.05) is 18.0 Å². The summed E-state index contributed by atoms with van der Waals surface area (Å²) in [6, 6.07) is 6.57. The molecule has 2 N–H and O–H groups in total. The SMILES string of the molecule is CCC(=O)Nc1cccc(NS(=O)(=O)CCCCl)c1. The Kier molecular flexibility index (Phi) is 6.11. The zero-order chi connectivity index (χ0) is 14.3. The summed E-state index contributed by atoms with van der Waals surface area (Å²) >= 11 is 5.47. The van der Waals surface area contributed by atoms with Gasteiger partial charge >= 0.3 is 0 Å². The summed E-state index contributed by atoms with van der Waals surface area (Å²) in [5.41, 5.74) is 0.980. The quantitative estimate of drug-likeness (QED) is 0.760. The summed E-state index contributed by atoms with van der Waals surface area (Å²) in [6.45, 7) is 1.74. The van der Waals surface area contributed by atoms with Crippen LogP contribution < -0.4 is 10.0 Å². The Morgan fingerprint density at radius 3 is 2.63 bits per heavy atom. The molecular weight excluding hydrogens is 288 g/mol. The number of carbonyl (C=O) groups is 1. The normalized spacial score (nSPS) is 11.1. The number of carbonyl (C=O) groups excluding carboxylic acids is 1. The highest BCUT2D eigenvalue weighted by Gasteiger charge is 2.10. The first-order valence-electron chi connectivity index (χ1n) is 5.93. The molecule has 5 nitrogen and oxygen atoms in total. The molecule has 7 heteroatoms. The summed E-state index contributed by atoms with van der Waals surface area (Å²) in [5.74, 6) is 0.150. The van der Waals surface area contributed by atoms with Crippen LogP contribution in [0, 0.1) is 0 Å². The minimum absolute atomic E-state index is 0.0257. The van der Waals surface area contributed by atoms with Crippen molar-refractivity contribution < 1.29 is 13.2 Å². The molecule has 0 aromatic heterocycles. The molecule has 106 valence electrons. The van der Waals surface area contributed by atoms with E-state index in [-0.39, 0.29) is 11.7 Å². The minimum atomic E-state index is -3.39. The summed E-state index contributed by atoms with van der Waals surface area (Å²) in [4.78, 5) is 11.3.